The van der Waals surface area contributed by atoms with E-state index in [2.05, 4.69) is 25.9 Å². The number of anilines is 1. The molecule has 2 N–H and O–H groups in total. The SMILES string of the molecule is CCNC(=NCc1ccc(C)c(F)c1)NCCc1csc(N2CCCC2)n1.I. The maximum Gasteiger partial charge on any atom is 0.191 e. The Kier molecular flexibility index (Phi) is 9.43. The van der Waals surface area contributed by atoms with Gasteiger partial charge < -0.3 is 15.5 Å². The van der Waals surface area contributed by atoms with Crippen LogP contribution in [0.15, 0.2) is 28.6 Å². The minimum absolute atomic E-state index is 0. The minimum Gasteiger partial charge on any atom is -0.357 e. The third-order valence-corrected chi connectivity index (χ3v) is 5.54. The molecule has 5 nitrogen and oxygen atoms in total. The average molecular weight is 517 g/mol. The highest BCUT2D eigenvalue weighted by Crippen LogP contribution is 2.24. The van der Waals surface area contributed by atoms with Crippen molar-refractivity contribution in [3.63, 3.8) is 0 Å². The van der Waals surface area contributed by atoms with Crippen LogP contribution in [0.5, 0.6) is 0 Å². The molecule has 1 fully saturated rings. The van der Waals surface area contributed by atoms with Crippen molar-refractivity contribution < 1.29 is 4.39 Å². The van der Waals surface area contributed by atoms with Crippen LogP contribution < -0.4 is 15.5 Å². The molecule has 1 saturated heterocycles. The summed E-state index contributed by atoms with van der Waals surface area (Å²) in [5.41, 5.74) is 2.64. The zero-order chi connectivity index (χ0) is 19.1. The number of hydrogen-bond donors (Lipinski definition) is 2. The molecule has 8 heteroatoms. The lowest BCUT2D eigenvalue weighted by atomic mass is 10.1. The molecule has 2 heterocycles. The highest BCUT2D eigenvalue weighted by atomic mass is 127. The van der Waals surface area contributed by atoms with Gasteiger partial charge in [-0.2, -0.15) is 0 Å². The molecule has 0 unspecified atom stereocenters. The molecule has 0 atom stereocenters. The van der Waals surface area contributed by atoms with Gasteiger partial charge in [-0.1, -0.05) is 12.1 Å². The van der Waals surface area contributed by atoms with Gasteiger partial charge in [0.25, 0.3) is 0 Å². The molecule has 3 rings (SSSR count). The van der Waals surface area contributed by atoms with E-state index in [0.29, 0.717) is 12.1 Å². The van der Waals surface area contributed by atoms with Crippen LogP contribution in [0.2, 0.25) is 0 Å². The van der Waals surface area contributed by atoms with Crippen LogP contribution in [0.25, 0.3) is 0 Å². The van der Waals surface area contributed by atoms with Gasteiger partial charge in [-0.3, -0.25) is 0 Å². The van der Waals surface area contributed by atoms with Gasteiger partial charge in [-0.25, -0.2) is 14.4 Å². The number of benzene rings is 1. The number of aryl methyl sites for hydroxylation is 1. The van der Waals surface area contributed by atoms with Crippen LogP contribution in [0, 0.1) is 12.7 Å². The first kappa shape index (κ1) is 22.9. The number of nitrogens with zero attached hydrogens (tertiary/aromatic N) is 3. The topological polar surface area (TPSA) is 52.6 Å². The number of thiazole rings is 1. The van der Waals surface area contributed by atoms with E-state index in [1.165, 1.54) is 12.8 Å². The number of hydrogen-bond acceptors (Lipinski definition) is 4. The molecule has 1 aliphatic heterocycles. The molecule has 154 valence electrons. The molecular formula is C20H29FIN5S. The van der Waals surface area contributed by atoms with Crippen LogP contribution in [0.1, 0.15) is 36.6 Å². The molecule has 0 radical (unpaired) electrons. The standard InChI is InChI=1S/C20H28FN5S.HI/c1-3-22-19(24-13-16-7-6-15(2)18(21)12-16)23-9-8-17-14-27-20(25-17)26-10-4-5-11-26;/h6-7,12,14H,3-5,8-11,13H2,1-2H3,(H2,22,23,24);1H. The van der Waals surface area contributed by atoms with Gasteiger partial charge in [-0.15, -0.1) is 35.3 Å². The van der Waals surface area contributed by atoms with E-state index >= 15 is 0 Å². The minimum atomic E-state index is -0.182. The fourth-order valence-corrected chi connectivity index (χ4v) is 3.93. The predicted molar refractivity (Wildman–Crippen MR) is 127 cm³/mol. The Labute approximate surface area is 187 Å². The molecular weight excluding hydrogens is 488 g/mol. The molecule has 0 aliphatic carbocycles. The fraction of sp³-hybridized carbons (Fsp3) is 0.500. The summed E-state index contributed by atoms with van der Waals surface area (Å²) in [5, 5.41) is 9.86. The quantitative estimate of drug-likeness (QED) is 0.330. The van der Waals surface area contributed by atoms with E-state index in [9.17, 15) is 4.39 Å². The Morgan fingerprint density at radius 3 is 2.79 bits per heavy atom. The molecule has 1 aromatic heterocycles. The first-order valence-corrected chi connectivity index (χ1v) is 10.5. The summed E-state index contributed by atoms with van der Waals surface area (Å²) in [6, 6.07) is 5.26. The summed E-state index contributed by atoms with van der Waals surface area (Å²) >= 11 is 1.73. The molecule has 1 aromatic carbocycles. The van der Waals surface area contributed by atoms with E-state index in [1.807, 2.05) is 13.0 Å². The third-order valence-electron chi connectivity index (χ3n) is 4.59. The van der Waals surface area contributed by atoms with Gasteiger partial charge >= 0.3 is 0 Å². The van der Waals surface area contributed by atoms with Gasteiger partial charge in [0, 0.05) is 38.0 Å². The molecule has 28 heavy (non-hydrogen) atoms. The van der Waals surface area contributed by atoms with Crippen molar-refractivity contribution in [3.8, 4) is 0 Å². The molecule has 0 bridgehead atoms. The molecule has 0 spiro atoms. The Bertz CT molecular complexity index is 774. The Morgan fingerprint density at radius 1 is 1.29 bits per heavy atom. The van der Waals surface area contributed by atoms with Crippen LogP contribution in [-0.4, -0.2) is 37.1 Å². The normalized spacial score (nSPS) is 14.1. The lowest BCUT2D eigenvalue weighted by Gasteiger charge is -2.12. The second-order valence-corrected chi connectivity index (χ2v) is 7.61. The monoisotopic (exact) mass is 517 g/mol. The summed E-state index contributed by atoms with van der Waals surface area (Å²) in [6.07, 6.45) is 3.39. The lowest BCUT2D eigenvalue weighted by molar-refractivity contribution is 0.616. The first-order chi connectivity index (χ1) is 13.2. The number of nitrogens with one attached hydrogen (secondary N) is 2. The predicted octanol–water partition coefficient (Wildman–Crippen LogP) is 4.11. The Morgan fingerprint density at radius 2 is 2.07 bits per heavy atom. The lowest BCUT2D eigenvalue weighted by Crippen LogP contribution is -2.38. The first-order valence-electron chi connectivity index (χ1n) is 9.62. The average Bonchev–Trinajstić information content (AvgIpc) is 3.34. The van der Waals surface area contributed by atoms with E-state index in [1.54, 1.807) is 30.4 Å². The number of aliphatic imine (C=N–C) groups is 1. The van der Waals surface area contributed by atoms with Crippen molar-refractivity contribution in [3.05, 3.63) is 46.2 Å². The largest absolute Gasteiger partial charge is 0.357 e. The number of halogens is 2. The van der Waals surface area contributed by atoms with E-state index < -0.39 is 0 Å². The Hall–Kier alpha value is -1.42. The van der Waals surface area contributed by atoms with Gasteiger partial charge in [-0.05, 0) is 43.9 Å². The molecule has 0 saturated carbocycles. The zero-order valence-corrected chi connectivity index (χ0v) is 19.6. The third kappa shape index (κ3) is 6.58. The zero-order valence-electron chi connectivity index (χ0n) is 16.5. The highest BCUT2D eigenvalue weighted by molar-refractivity contribution is 14.0. The summed E-state index contributed by atoms with van der Waals surface area (Å²) in [7, 11) is 0. The van der Waals surface area contributed by atoms with Crippen LogP contribution in [-0.2, 0) is 13.0 Å². The van der Waals surface area contributed by atoms with Crippen molar-refractivity contribution in [1.29, 1.82) is 0 Å². The van der Waals surface area contributed by atoms with Crippen molar-refractivity contribution in [1.82, 2.24) is 15.6 Å². The fourth-order valence-electron chi connectivity index (χ4n) is 3.02. The van der Waals surface area contributed by atoms with Gasteiger partial charge in [0.1, 0.15) is 5.82 Å². The summed E-state index contributed by atoms with van der Waals surface area (Å²) in [4.78, 5) is 11.7. The van der Waals surface area contributed by atoms with E-state index in [-0.39, 0.29) is 29.8 Å². The summed E-state index contributed by atoms with van der Waals surface area (Å²) in [5.74, 6) is 0.562. The van der Waals surface area contributed by atoms with Crippen LogP contribution in [0.3, 0.4) is 0 Å². The number of rotatable bonds is 7. The van der Waals surface area contributed by atoms with Crippen molar-refractivity contribution in [2.45, 2.75) is 39.7 Å². The summed E-state index contributed by atoms with van der Waals surface area (Å²) in [6.45, 7) is 8.04. The van der Waals surface area contributed by atoms with Gasteiger partial charge in [0.15, 0.2) is 11.1 Å². The van der Waals surface area contributed by atoms with Crippen molar-refractivity contribution in [2.75, 3.05) is 31.1 Å². The Balaban J connectivity index is 0.00000280. The van der Waals surface area contributed by atoms with Gasteiger partial charge in [0.2, 0.25) is 0 Å². The van der Waals surface area contributed by atoms with Crippen LogP contribution >= 0.6 is 35.3 Å². The molecule has 1 aliphatic rings. The molecule has 2 aromatic rings. The second kappa shape index (κ2) is 11.5. The summed E-state index contributed by atoms with van der Waals surface area (Å²) < 4.78 is 13.7. The van der Waals surface area contributed by atoms with E-state index in [0.717, 1.165) is 54.9 Å². The van der Waals surface area contributed by atoms with Crippen molar-refractivity contribution >= 4 is 46.4 Å². The van der Waals surface area contributed by atoms with Gasteiger partial charge in [0.05, 0.1) is 12.2 Å². The maximum atomic E-state index is 13.7. The number of aromatic nitrogens is 1. The molecule has 0 amide bonds. The number of guanidine groups is 1. The highest BCUT2D eigenvalue weighted by Gasteiger charge is 2.15. The second-order valence-electron chi connectivity index (χ2n) is 6.77. The van der Waals surface area contributed by atoms with E-state index in [4.69, 9.17) is 4.98 Å². The van der Waals surface area contributed by atoms with Crippen LogP contribution in [0.4, 0.5) is 9.52 Å². The maximum absolute atomic E-state index is 13.7. The smallest absolute Gasteiger partial charge is 0.191 e. The van der Waals surface area contributed by atoms with Crippen molar-refractivity contribution in [2.24, 2.45) is 4.99 Å².